The lowest BCUT2D eigenvalue weighted by atomic mass is 10.3. The van der Waals surface area contributed by atoms with E-state index in [0.29, 0.717) is 5.75 Å². The normalized spacial score (nSPS) is 24.6. The quantitative estimate of drug-likeness (QED) is 0.333. The molecular weight excluding hydrogens is 355 g/mol. The first kappa shape index (κ1) is 11.0. The first-order chi connectivity index (χ1) is 6.63. The van der Waals surface area contributed by atoms with Gasteiger partial charge in [-0.25, -0.2) is 9.97 Å². The highest BCUT2D eigenvalue weighted by molar-refractivity contribution is 9.12. The van der Waals surface area contributed by atoms with Crippen LogP contribution in [0.25, 0.3) is 0 Å². The van der Waals surface area contributed by atoms with Gasteiger partial charge in [0.05, 0.1) is 0 Å². The van der Waals surface area contributed by atoms with E-state index in [2.05, 4.69) is 41.8 Å². The second-order valence-corrected chi connectivity index (χ2v) is 5.61. The van der Waals surface area contributed by atoms with E-state index in [4.69, 9.17) is 16.3 Å². The molecule has 7 heteroatoms. The van der Waals surface area contributed by atoms with E-state index in [-0.39, 0.29) is 15.1 Å². The van der Waals surface area contributed by atoms with E-state index in [1.54, 1.807) is 0 Å². The molecule has 76 valence electrons. The van der Waals surface area contributed by atoms with E-state index in [9.17, 15) is 0 Å². The van der Waals surface area contributed by atoms with Crippen molar-refractivity contribution in [2.75, 3.05) is 6.26 Å². The highest BCUT2D eigenvalue weighted by Gasteiger charge is 2.35. The van der Waals surface area contributed by atoms with Crippen molar-refractivity contribution in [1.82, 2.24) is 9.97 Å². The number of rotatable bonds is 1. The van der Waals surface area contributed by atoms with Crippen LogP contribution in [-0.2, 0) is 0 Å². The molecule has 0 saturated heterocycles. The van der Waals surface area contributed by atoms with Crippen LogP contribution in [-0.4, -0.2) is 21.2 Å². The number of hydrogen-bond acceptors (Lipinski definition) is 4. The molecule has 0 amide bonds. The molecule has 0 aromatic carbocycles. The molecule has 1 aromatic rings. The third kappa shape index (κ3) is 1.77. The fourth-order valence-corrected chi connectivity index (χ4v) is 2.75. The number of thioether (sulfide) groups is 1. The maximum Gasteiger partial charge on any atom is 0.223 e. The summed E-state index contributed by atoms with van der Waals surface area (Å²) in [4.78, 5) is 8.23. The summed E-state index contributed by atoms with van der Waals surface area (Å²) in [7, 11) is 0. The van der Waals surface area contributed by atoms with E-state index in [1.807, 2.05) is 6.26 Å². The maximum atomic E-state index is 5.79. The third-order valence-corrected chi connectivity index (χ3v) is 4.92. The molecule has 0 spiro atoms. The fraction of sp³-hybridized carbons (Fsp3) is 0.429. The van der Waals surface area contributed by atoms with Gasteiger partial charge in [-0.1, -0.05) is 15.9 Å². The minimum Gasteiger partial charge on any atom is -0.473 e. The molecule has 0 bridgehead atoms. The summed E-state index contributed by atoms with van der Waals surface area (Å²) < 4.78 is 5.56. The number of aromatic nitrogens is 2. The molecular formula is C7H5Br2ClN2OS. The molecule has 3 nitrogen and oxygen atoms in total. The van der Waals surface area contributed by atoms with Crippen LogP contribution in [0.2, 0.25) is 5.28 Å². The first-order valence-electron chi connectivity index (χ1n) is 3.69. The van der Waals surface area contributed by atoms with Crippen molar-refractivity contribution in [3.63, 3.8) is 0 Å². The monoisotopic (exact) mass is 358 g/mol. The summed E-state index contributed by atoms with van der Waals surface area (Å²) in [6.45, 7) is 0. The van der Waals surface area contributed by atoms with E-state index < -0.39 is 0 Å². The number of alkyl halides is 2. The lowest BCUT2D eigenvalue weighted by Crippen LogP contribution is -2.04. The van der Waals surface area contributed by atoms with Gasteiger partial charge in [0.2, 0.25) is 5.28 Å². The van der Waals surface area contributed by atoms with Gasteiger partial charge in [-0.15, -0.1) is 11.8 Å². The van der Waals surface area contributed by atoms with Gasteiger partial charge < -0.3 is 4.74 Å². The second kappa shape index (κ2) is 4.15. The number of ether oxygens (including phenoxy) is 1. The van der Waals surface area contributed by atoms with Gasteiger partial charge in [-0.05, 0) is 33.8 Å². The van der Waals surface area contributed by atoms with Crippen LogP contribution in [0.3, 0.4) is 0 Å². The molecule has 1 aliphatic heterocycles. The molecule has 1 aromatic heterocycles. The SMILES string of the molecule is CSc1nc(Cl)nc2c1OC(Br)C2Br. The average molecular weight is 360 g/mol. The van der Waals surface area contributed by atoms with Crippen LogP contribution >= 0.6 is 55.2 Å². The molecule has 0 N–H and O–H groups in total. The molecule has 0 fully saturated rings. The Balaban J connectivity index is 2.55. The summed E-state index contributed by atoms with van der Waals surface area (Å²) in [6, 6.07) is 0. The van der Waals surface area contributed by atoms with Crippen LogP contribution in [0.5, 0.6) is 5.75 Å². The molecule has 2 atom stereocenters. The smallest absolute Gasteiger partial charge is 0.223 e. The Bertz CT molecular complexity index is 379. The Labute approximate surface area is 107 Å². The standard InChI is InChI=1S/C7H5Br2ClN2OS/c1-14-6-4-3(11-7(10)12-6)2(8)5(9)13-4/h2,5H,1H3. The van der Waals surface area contributed by atoms with Gasteiger partial charge >= 0.3 is 0 Å². The van der Waals surface area contributed by atoms with E-state index in [0.717, 1.165) is 10.7 Å². The van der Waals surface area contributed by atoms with Gasteiger partial charge in [0.1, 0.15) is 15.5 Å². The molecule has 2 rings (SSSR count). The van der Waals surface area contributed by atoms with Crippen LogP contribution in [0.1, 0.15) is 10.5 Å². The highest BCUT2D eigenvalue weighted by atomic mass is 79.9. The Morgan fingerprint density at radius 3 is 2.79 bits per heavy atom. The summed E-state index contributed by atoms with van der Waals surface area (Å²) in [5.74, 6) is 0.714. The largest absolute Gasteiger partial charge is 0.473 e. The van der Waals surface area contributed by atoms with Crippen LogP contribution in [0.15, 0.2) is 5.03 Å². The Morgan fingerprint density at radius 1 is 1.43 bits per heavy atom. The summed E-state index contributed by atoms with van der Waals surface area (Å²) in [5.41, 5.74) is 0.802. The molecule has 0 radical (unpaired) electrons. The summed E-state index contributed by atoms with van der Waals surface area (Å²) in [5, 5.41) is 0.908. The van der Waals surface area contributed by atoms with Crippen molar-refractivity contribution < 1.29 is 4.74 Å². The second-order valence-electron chi connectivity index (χ2n) is 2.59. The van der Waals surface area contributed by atoms with Gasteiger partial charge in [-0.3, -0.25) is 0 Å². The number of hydrogen-bond donors (Lipinski definition) is 0. The van der Waals surface area contributed by atoms with Crippen molar-refractivity contribution in [2.45, 2.75) is 14.9 Å². The van der Waals surface area contributed by atoms with Crippen molar-refractivity contribution in [3.8, 4) is 5.75 Å². The fourth-order valence-electron chi connectivity index (χ4n) is 1.15. The van der Waals surface area contributed by atoms with Gasteiger partial charge in [0.15, 0.2) is 10.8 Å². The minimum absolute atomic E-state index is 0.0175. The van der Waals surface area contributed by atoms with Gasteiger partial charge in [-0.2, -0.15) is 0 Å². The number of halogens is 3. The molecule has 0 saturated carbocycles. The topological polar surface area (TPSA) is 35.0 Å². The van der Waals surface area contributed by atoms with Crippen molar-refractivity contribution in [1.29, 1.82) is 0 Å². The molecule has 2 unspecified atom stereocenters. The zero-order valence-corrected chi connectivity index (χ0v) is 11.7. The lowest BCUT2D eigenvalue weighted by molar-refractivity contribution is 0.320. The van der Waals surface area contributed by atoms with E-state index >= 15 is 0 Å². The maximum absolute atomic E-state index is 5.79. The van der Waals surface area contributed by atoms with E-state index in [1.165, 1.54) is 11.8 Å². The molecule has 14 heavy (non-hydrogen) atoms. The lowest BCUT2D eigenvalue weighted by Gasteiger charge is -2.04. The Hall–Kier alpha value is 0.480. The van der Waals surface area contributed by atoms with Crippen LogP contribution in [0.4, 0.5) is 0 Å². The number of fused-ring (bicyclic) bond motifs is 1. The molecule has 0 aliphatic carbocycles. The Kier molecular flexibility index (Phi) is 3.26. The van der Waals surface area contributed by atoms with Crippen molar-refractivity contribution in [2.24, 2.45) is 0 Å². The average Bonchev–Trinajstić information content (AvgIpc) is 2.43. The third-order valence-electron chi connectivity index (χ3n) is 1.75. The minimum atomic E-state index is -0.115. The van der Waals surface area contributed by atoms with Gasteiger partial charge in [0.25, 0.3) is 0 Å². The summed E-state index contributed by atoms with van der Waals surface area (Å²) >= 11 is 14.1. The Morgan fingerprint density at radius 2 is 2.14 bits per heavy atom. The highest BCUT2D eigenvalue weighted by Crippen LogP contribution is 2.46. The van der Waals surface area contributed by atoms with Crippen LogP contribution in [0, 0.1) is 0 Å². The summed E-state index contributed by atoms with van der Waals surface area (Å²) in [6.07, 6.45) is 1.92. The predicted octanol–water partition coefficient (Wildman–Crippen LogP) is 3.40. The molecule has 1 aliphatic rings. The zero-order valence-electron chi connectivity index (χ0n) is 7.00. The molecule has 2 heterocycles. The zero-order chi connectivity index (χ0) is 10.3. The first-order valence-corrected chi connectivity index (χ1v) is 7.13. The van der Waals surface area contributed by atoms with Crippen LogP contribution < -0.4 is 4.74 Å². The van der Waals surface area contributed by atoms with Gasteiger partial charge in [0, 0.05) is 0 Å². The predicted molar refractivity (Wildman–Crippen MR) is 63.8 cm³/mol. The van der Waals surface area contributed by atoms with Crippen molar-refractivity contribution in [3.05, 3.63) is 11.0 Å². The number of nitrogens with zero attached hydrogens (tertiary/aromatic N) is 2. The van der Waals surface area contributed by atoms with Crippen molar-refractivity contribution >= 4 is 55.2 Å².